The normalized spacial score (nSPS) is 20.3. The minimum absolute atomic E-state index is 0.268. The molecule has 1 aromatic carbocycles. The van der Waals surface area contributed by atoms with Crippen molar-refractivity contribution in [1.82, 2.24) is 4.90 Å². The van der Waals surface area contributed by atoms with Crippen LogP contribution >= 0.6 is 0 Å². The first-order valence-corrected chi connectivity index (χ1v) is 14.6. The van der Waals surface area contributed by atoms with Crippen LogP contribution in [0.3, 0.4) is 0 Å². The Morgan fingerprint density at radius 2 is 1.70 bits per heavy atom. The van der Waals surface area contributed by atoms with E-state index >= 15 is 0 Å². The number of benzene rings is 1. The van der Waals surface area contributed by atoms with Gasteiger partial charge in [0.05, 0.1) is 23.1 Å². The molecule has 0 saturated carbocycles. The Kier molecular flexibility index (Phi) is 8.52. The number of rotatable bonds is 7. The number of likely N-dealkylation sites (tertiary alicyclic amines) is 1. The van der Waals surface area contributed by atoms with Gasteiger partial charge in [0.15, 0.2) is 0 Å². The molecule has 2 heterocycles. The van der Waals surface area contributed by atoms with Crippen LogP contribution in [0.15, 0.2) is 18.2 Å². The first kappa shape index (κ1) is 29.6. The molecule has 2 aliphatic rings. The van der Waals surface area contributed by atoms with E-state index in [9.17, 15) is 13.2 Å². The van der Waals surface area contributed by atoms with Crippen molar-refractivity contribution < 1.29 is 32.0 Å². The molecule has 0 unspecified atom stereocenters. The molecule has 1 aromatic rings. The van der Waals surface area contributed by atoms with Gasteiger partial charge in [0.25, 0.3) is 0 Å². The number of carbonyl (C=O) groups excluding carboxylic acids is 1. The average Bonchev–Trinajstić information content (AvgIpc) is 2.98. The Balaban J connectivity index is 1.73. The lowest BCUT2D eigenvalue weighted by molar-refractivity contribution is 0.00578. The van der Waals surface area contributed by atoms with E-state index in [1.807, 2.05) is 48.5 Å². The summed E-state index contributed by atoms with van der Waals surface area (Å²) in [6.07, 6.45) is 1.32. The van der Waals surface area contributed by atoms with Crippen LogP contribution in [-0.4, -0.2) is 68.3 Å². The highest BCUT2D eigenvalue weighted by Crippen LogP contribution is 2.37. The predicted octanol–water partition coefficient (Wildman–Crippen LogP) is 4.16. The van der Waals surface area contributed by atoms with Gasteiger partial charge in [-0.15, -0.1) is 0 Å². The zero-order valence-electron chi connectivity index (χ0n) is 23.7. The topological polar surface area (TPSA) is 103 Å². The summed E-state index contributed by atoms with van der Waals surface area (Å²) in [6.45, 7) is 18.4. The number of nitrogens with one attached hydrogen (secondary N) is 1. The van der Waals surface area contributed by atoms with Gasteiger partial charge in [-0.05, 0) is 99.3 Å². The quantitative estimate of drug-likeness (QED) is 0.520. The molecule has 2 saturated heterocycles. The molecule has 11 heteroatoms. The number of hydrogen-bond donors (Lipinski definition) is 1. The number of piperidine rings is 1. The molecular weight excluding hydrogens is 495 g/mol. The van der Waals surface area contributed by atoms with Crippen molar-refractivity contribution in [2.45, 2.75) is 97.2 Å². The number of carbonyl (C=O) groups is 1. The van der Waals surface area contributed by atoms with Crippen LogP contribution in [0.25, 0.3) is 0 Å². The first-order valence-electron chi connectivity index (χ1n) is 13.0. The molecule has 1 N–H and O–H groups in total. The van der Waals surface area contributed by atoms with E-state index in [1.54, 1.807) is 36.9 Å². The molecule has 0 spiro atoms. The summed E-state index contributed by atoms with van der Waals surface area (Å²) in [7, 11) is -4.23. The van der Waals surface area contributed by atoms with E-state index in [-0.39, 0.29) is 12.0 Å². The minimum Gasteiger partial charge on any atom is -0.494 e. The van der Waals surface area contributed by atoms with Gasteiger partial charge in [-0.3, -0.25) is 4.72 Å². The van der Waals surface area contributed by atoms with Crippen LogP contribution in [-0.2, 0) is 24.1 Å². The summed E-state index contributed by atoms with van der Waals surface area (Å²) >= 11 is 0. The monoisotopic (exact) mass is 538 g/mol. The van der Waals surface area contributed by atoms with E-state index < -0.39 is 39.2 Å². The van der Waals surface area contributed by atoms with Crippen molar-refractivity contribution in [2.24, 2.45) is 5.92 Å². The van der Waals surface area contributed by atoms with E-state index in [0.717, 1.165) is 12.8 Å². The third-order valence-corrected chi connectivity index (χ3v) is 8.90. The fourth-order valence-corrected chi connectivity index (χ4v) is 4.69. The lowest BCUT2D eigenvalue weighted by atomic mass is 9.78. The lowest BCUT2D eigenvalue weighted by Gasteiger charge is -2.33. The van der Waals surface area contributed by atoms with Gasteiger partial charge >= 0.3 is 13.2 Å². The number of sulfonamides is 1. The fraction of sp³-hybridized carbons (Fsp3) is 0.731. The largest absolute Gasteiger partial charge is 0.498 e. The maximum atomic E-state index is 12.5. The molecule has 0 atom stereocenters. The highest BCUT2D eigenvalue weighted by molar-refractivity contribution is 7.93. The van der Waals surface area contributed by atoms with Crippen LogP contribution in [0, 0.1) is 5.92 Å². The molecule has 0 aliphatic carbocycles. The van der Waals surface area contributed by atoms with Gasteiger partial charge in [-0.2, -0.15) is 0 Å². The number of nitrogens with zero attached hydrogens (tertiary/aromatic N) is 1. The maximum absolute atomic E-state index is 12.5. The van der Waals surface area contributed by atoms with Gasteiger partial charge in [0, 0.05) is 24.2 Å². The van der Waals surface area contributed by atoms with E-state index in [1.165, 1.54) is 0 Å². The van der Waals surface area contributed by atoms with Gasteiger partial charge in [0.1, 0.15) is 11.4 Å². The molecule has 1 amide bonds. The summed E-state index contributed by atoms with van der Waals surface area (Å²) in [5, 5.41) is -0.574. The molecular formula is C26H43BN2O7S. The number of hydrogen-bond acceptors (Lipinski definition) is 7. The summed E-state index contributed by atoms with van der Waals surface area (Å²) in [5.41, 5.74) is -0.574. The Hall–Kier alpha value is -1.98. The average molecular weight is 539 g/mol. The van der Waals surface area contributed by atoms with Crippen molar-refractivity contribution in [1.29, 1.82) is 0 Å². The SMILES string of the molecule is CC(C)S(=O)(=O)Nc1ccc(OCC2CCN(C(=O)OC(C)(C)C)CC2)c(B2OC(C)(C)C(C)(C)O2)c1. The van der Waals surface area contributed by atoms with Crippen LogP contribution < -0.4 is 14.9 Å². The lowest BCUT2D eigenvalue weighted by Crippen LogP contribution is -2.42. The van der Waals surface area contributed by atoms with E-state index in [4.69, 9.17) is 18.8 Å². The molecule has 2 aliphatic heterocycles. The molecule has 208 valence electrons. The summed E-state index contributed by atoms with van der Waals surface area (Å²) < 4.78 is 51.8. The predicted molar refractivity (Wildman–Crippen MR) is 146 cm³/mol. The van der Waals surface area contributed by atoms with Gasteiger partial charge in [-0.25, -0.2) is 13.2 Å². The second kappa shape index (κ2) is 10.7. The zero-order valence-corrected chi connectivity index (χ0v) is 24.5. The Bertz CT molecular complexity index is 1060. The number of anilines is 1. The number of ether oxygens (including phenoxy) is 2. The molecule has 2 fully saturated rings. The van der Waals surface area contributed by atoms with Crippen molar-refractivity contribution in [3.05, 3.63) is 18.2 Å². The standard InChI is InChI=1S/C26H43BN2O7S/c1-18(2)37(31,32)28-20-10-11-22(21(16-20)27-35-25(6,7)26(8,9)36-27)33-17-19-12-14-29(15-13-19)23(30)34-24(3,4)5/h10-11,16,18-19,28H,12-15,17H2,1-9H3. The fourth-order valence-electron chi connectivity index (χ4n) is 4.00. The van der Waals surface area contributed by atoms with Crippen molar-refractivity contribution >= 4 is 34.4 Å². The van der Waals surface area contributed by atoms with Crippen LogP contribution in [0.4, 0.5) is 10.5 Å². The second-order valence-corrected chi connectivity index (χ2v) is 14.5. The highest BCUT2D eigenvalue weighted by Gasteiger charge is 2.52. The third-order valence-electron chi connectivity index (χ3n) is 7.14. The van der Waals surface area contributed by atoms with Crippen LogP contribution in [0.2, 0.25) is 0 Å². The van der Waals surface area contributed by atoms with Crippen molar-refractivity contribution in [3.8, 4) is 5.75 Å². The van der Waals surface area contributed by atoms with E-state index in [2.05, 4.69) is 4.72 Å². The van der Waals surface area contributed by atoms with Crippen LogP contribution in [0.1, 0.15) is 75.2 Å². The van der Waals surface area contributed by atoms with Crippen molar-refractivity contribution in [3.63, 3.8) is 0 Å². The summed E-state index contributed by atoms with van der Waals surface area (Å²) in [5.74, 6) is 0.851. The molecule has 37 heavy (non-hydrogen) atoms. The van der Waals surface area contributed by atoms with E-state index in [0.29, 0.717) is 36.6 Å². The maximum Gasteiger partial charge on any atom is 0.498 e. The first-order chi connectivity index (χ1) is 16.9. The second-order valence-electron chi connectivity index (χ2n) is 12.3. The Morgan fingerprint density at radius 1 is 1.14 bits per heavy atom. The minimum atomic E-state index is -3.52. The smallest absolute Gasteiger partial charge is 0.494 e. The van der Waals surface area contributed by atoms with Crippen LogP contribution in [0.5, 0.6) is 5.75 Å². The van der Waals surface area contributed by atoms with Crippen molar-refractivity contribution in [2.75, 3.05) is 24.4 Å². The van der Waals surface area contributed by atoms with Gasteiger partial charge in [-0.1, -0.05) is 0 Å². The Labute approximate surface area is 222 Å². The molecule has 9 nitrogen and oxygen atoms in total. The molecule has 3 rings (SSSR count). The van der Waals surface area contributed by atoms with Gasteiger partial charge in [0.2, 0.25) is 10.0 Å². The third kappa shape index (κ3) is 7.32. The molecule has 0 aromatic heterocycles. The summed E-state index contributed by atoms with van der Waals surface area (Å²) in [4.78, 5) is 14.1. The van der Waals surface area contributed by atoms with Gasteiger partial charge < -0.3 is 23.7 Å². The molecule has 0 radical (unpaired) electrons. The highest BCUT2D eigenvalue weighted by atomic mass is 32.2. The Morgan fingerprint density at radius 3 is 2.22 bits per heavy atom. The summed E-state index contributed by atoms with van der Waals surface area (Å²) in [6, 6.07) is 5.17. The number of amides is 1. The molecule has 0 bridgehead atoms. The zero-order chi connectivity index (χ0) is 27.8.